The van der Waals surface area contributed by atoms with Crippen LogP contribution in [0.1, 0.15) is 6.92 Å². The molecule has 2 heteroatoms. The summed E-state index contributed by atoms with van der Waals surface area (Å²) in [4.78, 5) is 13.7. The van der Waals surface area contributed by atoms with E-state index in [0.717, 1.165) is 11.4 Å². The minimum absolute atomic E-state index is 0.145. The van der Waals surface area contributed by atoms with E-state index in [1.54, 1.807) is 6.92 Å². The monoisotopic (exact) mass is 275 g/mol. The van der Waals surface area contributed by atoms with Gasteiger partial charge in [-0.25, -0.2) is 0 Å². The predicted octanol–water partition coefficient (Wildman–Crippen LogP) is 4.57. The number of nitrogens with zero attached hydrogens (tertiary/aromatic N) is 1. The molecular formula is C19H17NO. The molecular weight excluding hydrogens is 258 g/mol. The highest BCUT2D eigenvalue weighted by Crippen LogP contribution is 2.28. The van der Waals surface area contributed by atoms with Crippen molar-refractivity contribution in [1.82, 2.24) is 0 Å². The van der Waals surface area contributed by atoms with Gasteiger partial charge in [-0.05, 0) is 42.0 Å². The Hall–Kier alpha value is -2.61. The average Bonchev–Trinajstić information content (AvgIpc) is 2.53. The number of hydrogen-bond donors (Lipinski definition) is 0. The molecule has 0 fully saturated rings. The second-order valence-corrected chi connectivity index (χ2v) is 5.16. The van der Waals surface area contributed by atoms with Gasteiger partial charge in [0.05, 0.1) is 6.54 Å². The van der Waals surface area contributed by atoms with E-state index in [2.05, 4.69) is 35.2 Å². The SMILES string of the molecule is CC(=O)CN(c1ccccc1)c1ccc2ccccc2c1. The lowest BCUT2D eigenvalue weighted by Crippen LogP contribution is -2.23. The molecule has 0 saturated heterocycles. The standard InChI is InChI=1S/C19H17NO/c1-15(21)14-20(18-9-3-2-4-10-18)19-12-11-16-7-5-6-8-17(16)13-19/h2-13H,14H2,1H3. The number of fused-ring (bicyclic) bond motifs is 1. The van der Waals surface area contributed by atoms with Gasteiger partial charge in [0.1, 0.15) is 5.78 Å². The number of anilines is 2. The number of ketones is 1. The first-order chi connectivity index (χ1) is 10.2. The first-order valence-electron chi connectivity index (χ1n) is 7.05. The average molecular weight is 275 g/mol. The van der Waals surface area contributed by atoms with Crippen molar-refractivity contribution in [1.29, 1.82) is 0 Å². The molecule has 0 amide bonds. The fourth-order valence-corrected chi connectivity index (χ4v) is 2.51. The summed E-state index contributed by atoms with van der Waals surface area (Å²) in [5, 5.41) is 2.39. The van der Waals surface area contributed by atoms with Gasteiger partial charge in [-0.15, -0.1) is 0 Å². The van der Waals surface area contributed by atoms with Crippen LogP contribution in [0, 0.1) is 0 Å². The van der Waals surface area contributed by atoms with Crippen molar-refractivity contribution in [3.8, 4) is 0 Å². The molecule has 2 nitrogen and oxygen atoms in total. The maximum absolute atomic E-state index is 11.6. The lowest BCUT2D eigenvalue weighted by atomic mass is 10.1. The molecule has 0 aliphatic carbocycles. The molecule has 0 saturated carbocycles. The third-order valence-corrected chi connectivity index (χ3v) is 3.49. The Morgan fingerprint density at radius 2 is 1.48 bits per heavy atom. The van der Waals surface area contributed by atoms with E-state index in [9.17, 15) is 4.79 Å². The van der Waals surface area contributed by atoms with Crippen molar-refractivity contribution in [3.05, 3.63) is 72.8 Å². The molecule has 0 heterocycles. The Balaban J connectivity index is 2.07. The van der Waals surface area contributed by atoms with E-state index in [1.807, 2.05) is 42.5 Å². The quantitative estimate of drug-likeness (QED) is 0.695. The van der Waals surface area contributed by atoms with Crippen molar-refractivity contribution in [3.63, 3.8) is 0 Å². The number of benzene rings is 3. The topological polar surface area (TPSA) is 20.3 Å². The van der Waals surface area contributed by atoms with Crippen LogP contribution in [0.2, 0.25) is 0 Å². The molecule has 0 aromatic heterocycles. The molecule has 0 unspecified atom stereocenters. The normalized spacial score (nSPS) is 10.5. The van der Waals surface area contributed by atoms with Crippen LogP contribution < -0.4 is 4.90 Å². The minimum Gasteiger partial charge on any atom is -0.334 e. The Kier molecular flexibility index (Phi) is 3.69. The van der Waals surface area contributed by atoms with Crippen LogP contribution in [-0.4, -0.2) is 12.3 Å². The Labute approximate surface area is 124 Å². The third-order valence-electron chi connectivity index (χ3n) is 3.49. The smallest absolute Gasteiger partial charge is 0.149 e. The molecule has 0 N–H and O–H groups in total. The van der Waals surface area contributed by atoms with Crippen LogP contribution >= 0.6 is 0 Å². The van der Waals surface area contributed by atoms with Gasteiger partial charge in [-0.1, -0.05) is 48.5 Å². The van der Waals surface area contributed by atoms with Crippen LogP contribution in [0.15, 0.2) is 72.8 Å². The molecule has 0 spiro atoms. The summed E-state index contributed by atoms with van der Waals surface area (Å²) in [6, 6.07) is 24.6. The largest absolute Gasteiger partial charge is 0.334 e. The van der Waals surface area contributed by atoms with Crippen molar-refractivity contribution < 1.29 is 4.79 Å². The van der Waals surface area contributed by atoms with Gasteiger partial charge in [0.25, 0.3) is 0 Å². The number of para-hydroxylation sites is 1. The molecule has 0 aliphatic heterocycles. The van der Waals surface area contributed by atoms with E-state index < -0.39 is 0 Å². The van der Waals surface area contributed by atoms with Gasteiger partial charge >= 0.3 is 0 Å². The molecule has 0 radical (unpaired) electrons. The van der Waals surface area contributed by atoms with Crippen molar-refractivity contribution in [2.45, 2.75) is 6.92 Å². The van der Waals surface area contributed by atoms with Crippen molar-refractivity contribution in [2.75, 3.05) is 11.4 Å². The van der Waals surface area contributed by atoms with Gasteiger partial charge < -0.3 is 4.90 Å². The highest BCUT2D eigenvalue weighted by atomic mass is 16.1. The fraction of sp³-hybridized carbons (Fsp3) is 0.105. The number of carbonyl (C=O) groups excluding carboxylic acids is 1. The van der Waals surface area contributed by atoms with E-state index in [1.165, 1.54) is 10.8 Å². The van der Waals surface area contributed by atoms with Crippen LogP contribution in [0.3, 0.4) is 0 Å². The van der Waals surface area contributed by atoms with Crippen LogP contribution in [0.25, 0.3) is 10.8 Å². The first-order valence-corrected chi connectivity index (χ1v) is 7.05. The summed E-state index contributed by atoms with van der Waals surface area (Å²) < 4.78 is 0. The lowest BCUT2D eigenvalue weighted by Gasteiger charge is -2.24. The molecule has 21 heavy (non-hydrogen) atoms. The van der Waals surface area contributed by atoms with Crippen LogP contribution in [0.5, 0.6) is 0 Å². The van der Waals surface area contributed by atoms with Gasteiger partial charge in [0, 0.05) is 11.4 Å². The summed E-state index contributed by atoms with van der Waals surface area (Å²) in [6.07, 6.45) is 0. The Morgan fingerprint density at radius 1 is 0.810 bits per heavy atom. The van der Waals surface area contributed by atoms with E-state index in [0.29, 0.717) is 6.54 Å². The number of Topliss-reactive ketones (excluding diaryl/α,β-unsaturated/α-hetero) is 1. The van der Waals surface area contributed by atoms with Crippen molar-refractivity contribution >= 4 is 27.9 Å². The van der Waals surface area contributed by atoms with Crippen LogP contribution in [-0.2, 0) is 4.79 Å². The number of rotatable bonds is 4. The lowest BCUT2D eigenvalue weighted by molar-refractivity contribution is -0.115. The maximum Gasteiger partial charge on any atom is 0.149 e. The van der Waals surface area contributed by atoms with E-state index in [-0.39, 0.29) is 5.78 Å². The number of hydrogen-bond acceptors (Lipinski definition) is 2. The predicted molar refractivity (Wildman–Crippen MR) is 88.1 cm³/mol. The van der Waals surface area contributed by atoms with Crippen LogP contribution in [0.4, 0.5) is 11.4 Å². The van der Waals surface area contributed by atoms with Gasteiger partial charge in [0.2, 0.25) is 0 Å². The molecule has 104 valence electrons. The van der Waals surface area contributed by atoms with Gasteiger partial charge in [0.15, 0.2) is 0 Å². The van der Waals surface area contributed by atoms with Gasteiger partial charge in [-0.2, -0.15) is 0 Å². The zero-order valence-corrected chi connectivity index (χ0v) is 12.0. The minimum atomic E-state index is 0.145. The second kappa shape index (κ2) is 5.80. The third kappa shape index (κ3) is 2.95. The van der Waals surface area contributed by atoms with E-state index >= 15 is 0 Å². The summed E-state index contributed by atoms with van der Waals surface area (Å²) in [5.74, 6) is 0.145. The second-order valence-electron chi connectivity index (χ2n) is 5.16. The van der Waals surface area contributed by atoms with Crippen molar-refractivity contribution in [2.24, 2.45) is 0 Å². The highest BCUT2D eigenvalue weighted by molar-refractivity contribution is 5.89. The Morgan fingerprint density at radius 3 is 2.19 bits per heavy atom. The van der Waals surface area contributed by atoms with E-state index in [4.69, 9.17) is 0 Å². The summed E-state index contributed by atoms with van der Waals surface area (Å²) in [7, 11) is 0. The zero-order chi connectivity index (χ0) is 14.7. The molecule has 3 rings (SSSR count). The fourth-order valence-electron chi connectivity index (χ4n) is 2.51. The zero-order valence-electron chi connectivity index (χ0n) is 12.0. The summed E-state index contributed by atoms with van der Waals surface area (Å²) in [6.45, 7) is 2.00. The molecule has 0 aliphatic rings. The highest BCUT2D eigenvalue weighted by Gasteiger charge is 2.11. The first kappa shape index (κ1) is 13.4. The van der Waals surface area contributed by atoms with Gasteiger partial charge in [-0.3, -0.25) is 4.79 Å². The summed E-state index contributed by atoms with van der Waals surface area (Å²) in [5.41, 5.74) is 2.07. The molecule has 3 aromatic rings. The molecule has 0 atom stereocenters. The number of carbonyl (C=O) groups is 1. The molecule has 0 bridgehead atoms. The Bertz CT molecular complexity index is 765. The maximum atomic E-state index is 11.6. The molecule has 3 aromatic carbocycles. The summed E-state index contributed by atoms with van der Waals surface area (Å²) >= 11 is 0.